The van der Waals surface area contributed by atoms with E-state index in [0.717, 1.165) is 0 Å². The Morgan fingerprint density at radius 1 is 0.833 bits per heavy atom. The minimum atomic E-state index is -5.99. The maximum atomic E-state index is 11.7. The molecule has 0 N–H and O–H groups in total. The maximum Gasteiger partial charge on any atom is 0.453 e. The van der Waals surface area contributed by atoms with Gasteiger partial charge >= 0.3 is 17.5 Å². The summed E-state index contributed by atoms with van der Waals surface area (Å²) >= 11 is 3.91. The Bertz CT molecular complexity index is 154. The van der Waals surface area contributed by atoms with Crippen LogP contribution in [0.4, 0.5) is 30.7 Å². The number of hydrogen-bond donors (Lipinski definition) is 0. The quantitative estimate of drug-likeness (QED) is 0.492. The molecule has 0 spiro atoms. The van der Waals surface area contributed by atoms with E-state index in [1.165, 1.54) is 0 Å². The van der Waals surface area contributed by atoms with E-state index in [1.807, 2.05) is 0 Å². The van der Waals surface area contributed by atoms with Crippen molar-refractivity contribution in [2.75, 3.05) is 0 Å². The van der Waals surface area contributed by atoms with E-state index in [0.29, 0.717) is 0 Å². The summed E-state index contributed by atoms with van der Waals surface area (Å²) in [6.07, 6.45) is -8.74. The van der Waals surface area contributed by atoms with Crippen molar-refractivity contribution in [3.63, 3.8) is 0 Å². The fraction of sp³-hybridized carbons (Fsp3) is 1.00. The molecule has 0 nitrogen and oxygen atoms in total. The normalized spacial score (nSPS) is 15.0. The van der Waals surface area contributed by atoms with Crippen LogP contribution in [0.25, 0.3) is 0 Å². The first kappa shape index (κ1) is 11.8. The van der Waals surface area contributed by atoms with Gasteiger partial charge in [-0.15, -0.1) is 0 Å². The van der Waals surface area contributed by atoms with Crippen LogP contribution in [-0.2, 0) is 0 Å². The molecule has 0 amide bonds. The summed E-state index contributed by atoms with van der Waals surface area (Å²) in [6, 6.07) is 0. The standard InChI is InChI=1S/C4H2ClF7/c5-3(8,9)1-2(6,7)4(10,11)12/h1H2. The lowest BCUT2D eigenvalue weighted by atomic mass is 10.2. The fourth-order valence-electron chi connectivity index (χ4n) is 0.352. The second-order valence-electron chi connectivity index (χ2n) is 1.99. The van der Waals surface area contributed by atoms with Gasteiger partial charge < -0.3 is 0 Å². The molecule has 0 aromatic carbocycles. The molecule has 0 fully saturated rings. The zero-order valence-corrected chi connectivity index (χ0v) is 5.99. The summed E-state index contributed by atoms with van der Waals surface area (Å²) in [7, 11) is 0. The average Bonchev–Trinajstić information content (AvgIpc) is 1.52. The smallest absolute Gasteiger partial charge is 0.196 e. The van der Waals surface area contributed by atoms with Crippen molar-refractivity contribution in [3.05, 3.63) is 0 Å². The summed E-state index contributed by atoms with van der Waals surface area (Å²) in [6.45, 7) is 0. The minimum Gasteiger partial charge on any atom is -0.196 e. The van der Waals surface area contributed by atoms with Crippen molar-refractivity contribution in [1.29, 1.82) is 0 Å². The third kappa shape index (κ3) is 3.46. The molecule has 0 saturated carbocycles. The number of halogens is 8. The van der Waals surface area contributed by atoms with Crippen LogP contribution in [0.2, 0.25) is 0 Å². The lowest BCUT2D eigenvalue weighted by Gasteiger charge is -2.21. The van der Waals surface area contributed by atoms with Gasteiger partial charge in [-0.2, -0.15) is 30.7 Å². The SMILES string of the molecule is FC(F)(Cl)CC(F)(F)C(F)(F)F. The summed E-state index contributed by atoms with van der Waals surface area (Å²) < 4.78 is 80.2. The Labute approximate surface area is 67.3 Å². The third-order valence-electron chi connectivity index (χ3n) is 0.837. The topological polar surface area (TPSA) is 0 Å². The minimum absolute atomic E-state index is 2.74. The van der Waals surface area contributed by atoms with Gasteiger partial charge in [0, 0.05) is 0 Å². The van der Waals surface area contributed by atoms with Crippen LogP contribution in [0.5, 0.6) is 0 Å². The molecule has 74 valence electrons. The van der Waals surface area contributed by atoms with Crippen molar-refractivity contribution in [2.24, 2.45) is 0 Å². The largest absolute Gasteiger partial charge is 0.453 e. The molecule has 0 heterocycles. The summed E-state index contributed by atoms with van der Waals surface area (Å²) in [5.41, 5.74) is 0. The van der Waals surface area contributed by atoms with Crippen molar-refractivity contribution in [2.45, 2.75) is 23.9 Å². The van der Waals surface area contributed by atoms with Gasteiger partial charge in [-0.3, -0.25) is 0 Å². The first-order valence-electron chi connectivity index (χ1n) is 2.47. The van der Waals surface area contributed by atoms with Gasteiger partial charge in [0.05, 0.1) is 6.42 Å². The van der Waals surface area contributed by atoms with Gasteiger partial charge in [0.1, 0.15) is 0 Å². The van der Waals surface area contributed by atoms with E-state index in [1.54, 1.807) is 0 Å². The van der Waals surface area contributed by atoms with Crippen molar-refractivity contribution in [3.8, 4) is 0 Å². The van der Waals surface area contributed by atoms with Crippen LogP contribution in [0.1, 0.15) is 6.42 Å². The molecule has 0 aliphatic heterocycles. The summed E-state index contributed by atoms with van der Waals surface area (Å²) in [5.74, 6) is -5.46. The van der Waals surface area contributed by atoms with Crippen LogP contribution in [-0.4, -0.2) is 17.5 Å². The molecule has 8 heteroatoms. The van der Waals surface area contributed by atoms with Gasteiger partial charge in [0.15, 0.2) is 0 Å². The Morgan fingerprint density at radius 2 is 1.17 bits per heavy atom. The molecule has 0 unspecified atom stereocenters. The van der Waals surface area contributed by atoms with Gasteiger partial charge in [0.2, 0.25) is 0 Å². The van der Waals surface area contributed by atoms with E-state index in [9.17, 15) is 30.7 Å². The molecule has 0 rings (SSSR count). The molecule has 0 aromatic rings. The highest BCUT2D eigenvalue weighted by molar-refractivity contribution is 6.21. The van der Waals surface area contributed by atoms with E-state index >= 15 is 0 Å². The molecule has 0 aromatic heterocycles. The zero-order chi connectivity index (χ0) is 10.2. The van der Waals surface area contributed by atoms with Crippen LogP contribution in [0.3, 0.4) is 0 Å². The molecule has 12 heavy (non-hydrogen) atoms. The molecular formula is C4H2ClF7. The molecule has 0 bridgehead atoms. The Hall–Kier alpha value is -0.200. The summed E-state index contributed by atoms with van der Waals surface area (Å²) in [5, 5.41) is -4.56. The van der Waals surface area contributed by atoms with Crippen LogP contribution in [0, 0.1) is 0 Å². The van der Waals surface area contributed by atoms with Gasteiger partial charge in [-0.25, -0.2) is 0 Å². The van der Waals surface area contributed by atoms with Gasteiger partial charge in [-0.05, 0) is 11.6 Å². The average molecular weight is 218 g/mol. The Balaban J connectivity index is 4.44. The van der Waals surface area contributed by atoms with Crippen LogP contribution >= 0.6 is 11.6 Å². The molecule has 0 aliphatic rings. The monoisotopic (exact) mass is 218 g/mol. The zero-order valence-electron chi connectivity index (χ0n) is 5.23. The second-order valence-corrected chi connectivity index (χ2v) is 2.55. The van der Waals surface area contributed by atoms with E-state index in [4.69, 9.17) is 0 Å². The van der Waals surface area contributed by atoms with Crippen LogP contribution in [0.15, 0.2) is 0 Å². The fourth-order valence-corrected chi connectivity index (χ4v) is 0.520. The first-order valence-corrected chi connectivity index (χ1v) is 2.85. The Kier molecular flexibility index (Phi) is 2.89. The molecular weight excluding hydrogens is 216 g/mol. The van der Waals surface area contributed by atoms with Gasteiger partial charge in [0.25, 0.3) is 0 Å². The van der Waals surface area contributed by atoms with E-state index in [2.05, 4.69) is 11.6 Å². The highest BCUT2D eigenvalue weighted by Crippen LogP contribution is 2.43. The predicted molar refractivity (Wildman–Crippen MR) is 26.4 cm³/mol. The van der Waals surface area contributed by atoms with E-state index < -0.39 is 23.9 Å². The highest BCUT2D eigenvalue weighted by Gasteiger charge is 2.61. The number of alkyl halides is 8. The van der Waals surface area contributed by atoms with Crippen LogP contribution < -0.4 is 0 Å². The summed E-state index contributed by atoms with van der Waals surface area (Å²) in [4.78, 5) is 0. The molecule has 0 aliphatic carbocycles. The van der Waals surface area contributed by atoms with Gasteiger partial charge in [-0.1, -0.05) is 0 Å². The van der Waals surface area contributed by atoms with Crippen molar-refractivity contribution < 1.29 is 30.7 Å². The van der Waals surface area contributed by atoms with E-state index in [-0.39, 0.29) is 0 Å². The second kappa shape index (κ2) is 2.93. The predicted octanol–water partition coefficient (Wildman–Crippen LogP) is 3.41. The van der Waals surface area contributed by atoms with Crippen molar-refractivity contribution >= 4 is 11.6 Å². The third-order valence-corrected chi connectivity index (χ3v) is 0.971. The molecule has 0 saturated heterocycles. The lowest BCUT2D eigenvalue weighted by molar-refractivity contribution is -0.294. The maximum absolute atomic E-state index is 11.7. The number of hydrogen-bond acceptors (Lipinski definition) is 0. The Morgan fingerprint density at radius 3 is 1.25 bits per heavy atom. The van der Waals surface area contributed by atoms with Crippen molar-refractivity contribution in [1.82, 2.24) is 0 Å². The number of rotatable bonds is 2. The molecule has 0 radical (unpaired) electrons. The first-order chi connectivity index (χ1) is 4.96. The lowest BCUT2D eigenvalue weighted by Crippen LogP contribution is -2.40. The molecule has 0 atom stereocenters. The highest BCUT2D eigenvalue weighted by atomic mass is 35.5.